The Bertz CT molecular complexity index is 718. The van der Waals surface area contributed by atoms with E-state index in [0.717, 1.165) is 11.3 Å². The van der Waals surface area contributed by atoms with E-state index in [-0.39, 0.29) is 35.5 Å². The fourth-order valence-electron chi connectivity index (χ4n) is 2.29. The van der Waals surface area contributed by atoms with Crippen LogP contribution < -0.4 is 20.1 Å². The van der Waals surface area contributed by atoms with Crippen LogP contribution in [0.5, 0.6) is 11.5 Å². The first-order chi connectivity index (χ1) is 12.6. The Hall–Kier alpha value is -2.17. The molecular weight excluding hydrogens is 469 g/mol. The Labute approximate surface area is 174 Å². The van der Waals surface area contributed by atoms with E-state index < -0.39 is 6.61 Å². The third kappa shape index (κ3) is 7.94. The minimum absolute atomic E-state index is 0. The zero-order valence-electron chi connectivity index (χ0n) is 15.1. The molecule has 0 saturated carbocycles. The predicted octanol–water partition coefficient (Wildman–Crippen LogP) is 3.22. The zero-order chi connectivity index (χ0) is 18.8. The average molecular weight is 492 g/mol. The molecule has 9 heteroatoms. The third-order valence-electron chi connectivity index (χ3n) is 3.54. The number of alkyl halides is 2. The van der Waals surface area contributed by atoms with Crippen molar-refractivity contribution in [2.24, 2.45) is 4.99 Å². The summed E-state index contributed by atoms with van der Waals surface area (Å²) in [6, 6.07) is 10.7. The second kappa shape index (κ2) is 12.3. The van der Waals surface area contributed by atoms with Gasteiger partial charge in [0.25, 0.3) is 0 Å². The maximum atomic E-state index is 12.5. The lowest BCUT2D eigenvalue weighted by molar-refractivity contribution is -0.0512. The summed E-state index contributed by atoms with van der Waals surface area (Å²) in [7, 11) is 3.09. The number of pyridine rings is 1. The van der Waals surface area contributed by atoms with Gasteiger partial charge in [0.1, 0.15) is 0 Å². The van der Waals surface area contributed by atoms with Gasteiger partial charge in [0.2, 0.25) is 0 Å². The number of nitrogens with one attached hydrogen (secondary N) is 2. The summed E-state index contributed by atoms with van der Waals surface area (Å²) in [5, 5.41) is 6.33. The first kappa shape index (κ1) is 22.9. The molecule has 0 fully saturated rings. The van der Waals surface area contributed by atoms with Crippen LogP contribution >= 0.6 is 24.0 Å². The molecule has 0 radical (unpaired) electrons. The molecular formula is C18H23F2IN4O2. The Morgan fingerprint density at radius 3 is 2.63 bits per heavy atom. The number of nitrogens with zero attached hydrogens (tertiary/aromatic N) is 2. The van der Waals surface area contributed by atoms with Crippen molar-refractivity contribution >= 4 is 29.9 Å². The number of rotatable bonds is 8. The van der Waals surface area contributed by atoms with Crippen molar-refractivity contribution in [2.75, 3.05) is 20.7 Å². The standard InChI is InChI=1S/C18H22F2N4O2.HI/c1-21-18(24-12-14-5-3-4-9-22-14)23-10-8-13-6-7-15(25-2)16(11-13)26-17(19)20;/h3-7,9,11,17H,8,10,12H2,1-2H3,(H2,21,23,24);1H. The van der Waals surface area contributed by atoms with E-state index in [9.17, 15) is 8.78 Å². The molecule has 0 spiro atoms. The van der Waals surface area contributed by atoms with E-state index in [1.54, 1.807) is 25.4 Å². The maximum absolute atomic E-state index is 12.5. The largest absolute Gasteiger partial charge is 0.493 e. The van der Waals surface area contributed by atoms with Gasteiger partial charge < -0.3 is 20.1 Å². The van der Waals surface area contributed by atoms with Crippen LogP contribution in [-0.4, -0.2) is 38.3 Å². The SMILES string of the molecule is CN=C(NCCc1ccc(OC)c(OC(F)F)c1)NCc1ccccn1.I. The number of guanidine groups is 1. The molecule has 148 valence electrons. The van der Waals surface area contributed by atoms with Crippen LogP contribution in [0.25, 0.3) is 0 Å². The second-order valence-electron chi connectivity index (χ2n) is 5.29. The van der Waals surface area contributed by atoms with Gasteiger partial charge in [-0.1, -0.05) is 12.1 Å². The summed E-state index contributed by atoms with van der Waals surface area (Å²) in [6.45, 7) is -1.77. The summed E-state index contributed by atoms with van der Waals surface area (Å²) in [4.78, 5) is 8.37. The normalized spacial score (nSPS) is 10.9. The lowest BCUT2D eigenvalue weighted by atomic mass is 10.1. The van der Waals surface area contributed by atoms with Crippen LogP contribution in [0.4, 0.5) is 8.78 Å². The molecule has 1 aromatic carbocycles. The van der Waals surface area contributed by atoms with Gasteiger partial charge in [-0.3, -0.25) is 9.98 Å². The molecule has 2 aromatic rings. The van der Waals surface area contributed by atoms with E-state index in [0.29, 0.717) is 25.5 Å². The fourth-order valence-corrected chi connectivity index (χ4v) is 2.29. The van der Waals surface area contributed by atoms with E-state index >= 15 is 0 Å². The lowest BCUT2D eigenvalue weighted by Crippen LogP contribution is -2.38. The van der Waals surface area contributed by atoms with Crippen LogP contribution in [0.2, 0.25) is 0 Å². The molecule has 0 bridgehead atoms. The van der Waals surface area contributed by atoms with E-state index in [1.807, 2.05) is 24.3 Å². The number of benzene rings is 1. The first-order valence-electron chi connectivity index (χ1n) is 8.08. The minimum atomic E-state index is -2.90. The number of ether oxygens (including phenoxy) is 2. The molecule has 0 aliphatic heterocycles. The van der Waals surface area contributed by atoms with Gasteiger partial charge in [-0.25, -0.2) is 0 Å². The highest BCUT2D eigenvalue weighted by Crippen LogP contribution is 2.29. The molecule has 1 heterocycles. The van der Waals surface area contributed by atoms with Crippen LogP contribution in [0.1, 0.15) is 11.3 Å². The van der Waals surface area contributed by atoms with Crippen LogP contribution in [0.3, 0.4) is 0 Å². The number of methoxy groups -OCH3 is 1. The van der Waals surface area contributed by atoms with Crippen molar-refractivity contribution in [3.05, 3.63) is 53.9 Å². The van der Waals surface area contributed by atoms with Gasteiger partial charge in [-0.05, 0) is 36.2 Å². The highest BCUT2D eigenvalue weighted by Gasteiger charge is 2.11. The Balaban J connectivity index is 0.00000364. The smallest absolute Gasteiger partial charge is 0.387 e. The van der Waals surface area contributed by atoms with Crippen molar-refractivity contribution in [3.8, 4) is 11.5 Å². The molecule has 2 rings (SSSR count). The lowest BCUT2D eigenvalue weighted by Gasteiger charge is -2.13. The van der Waals surface area contributed by atoms with E-state index in [1.165, 1.54) is 7.11 Å². The predicted molar refractivity (Wildman–Crippen MR) is 111 cm³/mol. The average Bonchev–Trinajstić information content (AvgIpc) is 2.65. The van der Waals surface area contributed by atoms with Crippen LogP contribution in [-0.2, 0) is 13.0 Å². The summed E-state index contributed by atoms with van der Waals surface area (Å²) in [5.74, 6) is 0.931. The van der Waals surface area contributed by atoms with Crippen molar-refractivity contribution in [2.45, 2.75) is 19.6 Å². The van der Waals surface area contributed by atoms with Crippen molar-refractivity contribution in [1.29, 1.82) is 0 Å². The quantitative estimate of drug-likeness (QED) is 0.337. The molecule has 0 atom stereocenters. The van der Waals surface area contributed by atoms with Crippen molar-refractivity contribution in [3.63, 3.8) is 0 Å². The summed E-state index contributed by atoms with van der Waals surface area (Å²) < 4.78 is 34.5. The number of aliphatic imine (C=N–C) groups is 1. The molecule has 0 unspecified atom stereocenters. The van der Waals surface area contributed by atoms with Crippen molar-refractivity contribution in [1.82, 2.24) is 15.6 Å². The van der Waals surface area contributed by atoms with Gasteiger partial charge in [-0.2, -0.15) is 8.78 Å². The molecule has 0 aliphatic rings. The second-order valence-corrected chi connectivity index (χ2v) is 5.29. The number of hydrogen-bond donors (Lipinski definition) is 2. The van der Waals surface area contributed by atoms with Crippen molar-refractivity contribution < 1.29 is 18.3 Å². The number of hydrogen-bond acceptors (Lipinski definition) is 4. The topological polar surface area (TPSA) is 67.8 Å². The fraction of sp³-hybridized carbons (Fsp3) is 0.333. The monoisotopic (exact) mass is 492 g/mol. The number of aromatic nitrogens is 1. The molecule has 6 nitrogen and oxygen atoms in total. The number of halogens is 3. The van der Waals surface area contributed by atoms with Gasteiger partial charge in [0.15, 0.2) is 17.5 Å². The van der Waals surface area contributed by atoms with Crippen LogP contribution in [0, 0.1) is 0 Å². The molecule has 0 aliphatic carbocycles. The molecule has 0 amide bonds. The molecule has 1 aromatic heterocycles. The van der Waals surface area contributed by atoms with E-state index in [2.05, 4.69) is 25.3 Å². The van der Waals surface area contributed by atoms with E-state index in [4.69, 9.17) is 4.74 Å². The Morgan fingerprint density at radius 1 is 1.19 bits per heavy atom. The molecule has 2 N–H and O–H groups in total. The van der Waals surface area contributed by atoms with Crippen LogP contribution in [0.15, 0.2) is 47.6 Å². The summed E-state index contributed by atoms with van der Waals surface area (Å²) in [6.07, 6.45) is 2.34. The summed E-state index contributed by atoms with van der Waals surface area (Å²) in [5.41, 5.74) is 1.74. The molecule has 27 heavy (non-hydrogen) atoms. The maximum Gasteiger partial charge on any atom is 0.387 e. The minimum Gasteiger partial charge on any atom is -0.493 e. The summed E-state index contributed by atoms with van der Waals surface area (Å²) >= 11 is 0. The van der Waals surface area contributed by atoms with Gasteiger partial charge in [0, 0.05) is 19.8 Å². The first-order valence-corrected chi connectivity index (χ1v) is 8.08. The third-order valence-corrected chi connectivity index (χ3v) is 3.54. The highest BCUT2D eigenvalue weighted by molar-refractivity contribution is 14.0. The van der Waals surface area contributed by atoms with Gasteiger partial charge >= 0.3 is 6.61 Å². The Morgan fingerprint density at radius 2 is 2.00 bits per heavy atom. The molecule has 0 saturated heterocycles. The highest BCUT2D eigenvalue weighted by atomic mass is 127. The Kier molecular flexibility index (Phi) is 10.4. The zero-order valence-corrected chi connectivity index (χ0v) is 17.4. The van der Waals surface area contributed by atoms with Gasteiger partial charge in [-0.15, -0.1) is 24.0 Å². The van der Waals surface area contributed by atoms with Gasteiger partial charge in [0.05, 0.1) is 19.3 Å².